The van der Waals surface area contributed by atoms with Gasteiger partial charge in [0.25, 0.3) is 0 Å². The van der Waals surface area contributed by atoms with Gasteiger partial charge in [-0.1, -0.05) is 23.5 Å². The minimum Gasteiger partial charge on any atom is -0.347 e. The maximum Gasteiger partial charge on any atom is 0.231 e. The number of hydrogen-bond acceptors (Lipinski definition) is 6. The van der Waals surface area contributed by atoms with E-state index in [4.69, 9.17) is 4.98 Å². The average molecular weight is 373 g/mol. The maximum absolute atomic E-state index is 12.6. The number of aromatic nitrogens is 2. The van der Waals surface area contributed by atoms with E-state index in [1.807, 2.05) is 32.0 Å². The van der Waals surface area contributed by atoms with Crippen LogP contribution in [-0.2, 0) is 4.79 Å². The van der Waals surface area contributed by atoms with Gasteiger partial charge in [0.15, 0.2) is 10.3 Å². The van der Waals surface area contributed by atoms with Crippen LogP contribution in [-0.4, -0.2) is 29.0 Å². The molecule has 2 aromatic heterocycles. The Morgan fingerprint density at radius 1 is 1.24 bits per heavy atom. The van der Waals surface area contributed by atoms with Gasteiger partial charge in [-0.2, -0.15) is 0 Å². The predicted molar refractivity (Wildman–Crippen MR) is 105 cm³/mol. The lowest BCUT2D eigenvalue weighted by molar-refractivity contribution is -0.120. The molecule has 1 saturated heterocycles. The molecule has 0 bridgehead atoms. The Kier molecular flexibility index (Phi) is 4.43. The molecule has 1 N–H and O–H groups in total. The monoisotopic (exact) mass is 372 g/mol. The van der Waals surface area contributed by atoms with Crippen LogP contribution in [0.5, 0.6) is 0 Å². The first kappa shape index (κ1) is 16.5. The number of anilines is 2. The van der Waals surface area contributed by atoms with E-state index in [2.05, 4.69) is 21.3 Å². The summed E-state index contributed by atoms with van der Waals surface area (Å²) in [5, 5.41) is 4.72. The number of para-hydroxylation sites is 1. The zero-order valence-corrected chi connectivity index (χ0v) is 15.9. The van der Waals surface area contributed by atoms with E-state index in [0.717, 1.165) is 47.2 Å². The van der Waals surface area contributed by atoms with Crippen LogP contribution in [0.15, 0.2) is 24.3 Å². The van der Waals surface area contributed by atoms with Crippen LogP contribution < -0.4 is 10.2 Å². The summed E-state index contributed by atoms with van der Waals surface area (Å²) in [6.45, 7) is 5.67. The molecular weight excluding hydrogens is 352 g/mol. The smallest absolute Gasteiger partial charge is 0.231 e. The first-order valence-corrected chi connectivity index (χ1v) is 10.1. The molecule has 5 nitrogen and oxygen atoms in total. The standard InChI is InChI=1S/C18H20N4OS2/c1-11-12(2)24-17(19-11)21-16(23)13-6-5-9-22(10-13)18-20-14-7-3-4-8-15(14)25-18/h3-4,7-8,13H,5-6,9-10H2,1-2H3,(H,19,21,23). The van der Waals surface area contributed by atoms with Crippen LogP contribution in [0.4, 0.5) is 10.3 Å². The van der Waals surface area contributed by atoms with Crippen LogP contribution in [0, 0.1) is 19.8 Å². The van der Waals surface area contributed by atoms with Crippen LogP contribution in [0.25, 0.3) is 10.2 Å². The molecular formula is C18H20N4OS2. The van der Waals surface area contributed by atoms with Crippen molar-refractivity contribution in [2.45, 2.75) is 26.7 Å². The van der Waals surface area contributed by atoms with Crippen molar-refractivity contribution in [1.82, 2.24) is 9.97 Å². The van der Waals surface area contributed by atoms with Crippen molar-refractivity contribution in [1.29, 1.82) is 0 Å². The number of carbonyl (C=O) groups is 1. The third-order valence-corrected chi connectivity index (χ3v) is 6.69. The van der Waals surface area contributed by atoms with Gasteiger partial charge in [0.05, 0.1) is 21.8 Å². The highest BCUT2D eigenvalue weighted by molar-refractivity contribution is 7.22. The molecule has 1 unspecified atom stereocenters. The Morgan fingerprint density at radius 2 is 2.08 bits per heavy atom. The van der Waals surface area contributed by atoms with Gasteiger partial charge < -0.3 is 10.2 Å². The molecule has 0 saturated carbocycles. The minimum absolute atomic E-state index is 0.0229. The lowest BCUT2D eigenvalue weighted by Gasteiger charge is -2.31. The van der Waals surface area contributed by atoms with Gasteiger partial charge in [0, 0.05) is 18.0 Å². The molecule has 0 radical (unpaired) electrons. The van der Waals surface area contributed by atoms with E-state index in [1.165, 1.54) is 16.0 Å². The molecule has 1 atom stereocenters. The molecule has 4 rings (SSSR count). The number of aryl methyl sites for hydroxylation is 2. The van der Waals surface area contributed by atoms with Crippen molar-refractivity contribution in [2.24, 2.45) is 5.92 Å². The Morgan fingerprint density at radius 3 is 2.84 bits per heavy atom. The van der Waals surface area contributed by atoms with Gasteiger partial charge in [-0.05, 0) is 38.8 Å². The number of benzene rings is 1. The zero-order chi connectivity index (χ0) is 17.4. The summed E-state index contributed by atoms with van der Waals surface area (Å²) in [4.78, 5) is 25.2. The van der Waals surface area contributed by atoms with Crippen molar-refractivity contribution < 1.29 is 4.79 Å². The SMILES string of the molecule is Cc1nc(NC(=O)C2CCCN(c3nc4ccccc4s3)C2)sc1C. The van der Waals surface area contributed by atoms with Crippen molar-refractivity contribution in [3.8, 4) is 0 Å². The summed E-state index contributed by atoms with van der Waals surface area (Å²) in [6, 6.07) is 8.18. The number of amides is 1. The first-order chi connectivity index (χ1) is 12.1. The Bertz CT molecular complexity index is 864. The third-order valence-electron chi connectivity index (χ3n) is 4.60. The van der Waals surface area contributed by atoms with Gasteiger partial charge in [-0.3, -0.25) is 4.79 Å². The quantitative estimate of drug-likeness (QED) is 0.748. The summed E-state index contributed by atoms with van der Waals surface area (Å²) >= 11 is 3.24. The number of nitrogens with zero attached hydrogens (tertiary/aromatic N) is 3. The number of rotatable bonds is 3. The van der Waals surface area contributed by atoms with Gasteiger partial charge in [-0.25, -0.2) is 9.97 Å². The van der Waals surface area contributed by atoms with Crippen molar-refractivity contribution in [3.05, 3.63) is 34.8 Å². The second kappa shape index (κ2) is 6.72. The molecule has 1 aromatic carbocycles. The predicted octanol–water partition coefficient (Wildman–Crippen LogP) is 4.22. The van der Waals surface area contributed by atoms with Crippen LogP contribution in [0.1, 0.15) is 23.4 Å². The average Bonchev–Trinajstić information content (AvgIpc) is 3.18. The fraction of sp³-hybridized carbons (Fsp3) is 0.389. The molecule has 7 heteroatoms. The number of fused-ring (bicyclic) bond motifs is 1. The van der Waals surface area contributed by atoms with Crippen molar-refractivity contribution in [3.63, 3.8) is 0 Å². The Labute approximate surface area is 154 Å². The van der Waals surface area contributed by atoms with Crippen LogP contribution >= 0.6 is 22.7 Å². The third kappa shape index (κ3) is 3.39. The molecule has 3 heterocycles. The number of hydrogen-bond donors (Lipinski definition) is 1. The largest absolute Gasteiger partial charge is 0.347 e. The summed E-state index contributed by atoms with van der Waals surface area (Å²) in [7, 11) is 0. The number of carbonyl (C=O) groups excluding carboxylic acids is 1. The fourth-order valence-electron chi connectivity index (χ4n) is 3.09. The first-order valence-electron chi connectivity index (χ1n) is 8.45. The summed E-state index contributed by atoms with van der Waals surface area (Å²) in [5.41, 5.74) is 2.02. The van der Waals surface area contributed by atoms with E-state index in [1.54, 1.807) is 11.3 Å². The second-order valence-electron chi connectivity index (χ2n) is 6.40. The molecule has 0 aliphatic carbocycles. The molecule has 3 aromatic rings. The van der Waals surface area contributed by atoms with Crippen molar-refractivity contribution in [2.75, 3.05) is 23.3 Å². The highest BCUT2D eigenvalue weighted by atomic mass is 32.1. The normalized spacial score (nSPS) is 17.8. The summed E-state index contributed by atoms with van der Waals surface area (Å²) in [5.74, 6) is 0.0461. The maximum atomic E-state index is 12.6. The van der Waals surface area contributed by atoms with Crippen LogP contribution in [0.2, 0.25) is 0 Å². The highest BCUT2D eigenvalue weighted by Crippen LogP contribution is 2.32. The number of thiazole rings is 2. The van der Waals surface area contributed by atoms with E-state index in [-0.39, 0.29) is 11.8 Å². The number of nitrogens with one attached hydrogen (secondary N) is 1. The zero-order valence-electron chi connectivity index (χ0n) is 14.3. The lowest BCUT2D eigenvalue weighted by Crippen LogP contribution is -2.40. The van der Waals surface area contributed by atoms with Crippen LogP contribution in [0.3, 0.4) is 0 Å². The van der Waals surface area contributed by atoms with Gasteiger partial charge in [0.1, 0.15) is 0 Å². The molecule has 130 valence electrons. The van der Waals surface area contributed by atoms with E-state index in [9.17, 15) is 4.79 Å². The topological polar surface area (TPSA) is 58.1 Å². The number of piperidine rings is 1. The van der Waals surface area contributed by atoms with Gasteiger partial charge >= 0.3 is 0 Å². The molecule has 1 fully saturated rings. The molecule has 0 spiro atoms. The summed E-state index contributed by atoms with van der Waals surface area (Å²) < 4.78 is 1.19. The molecule has 25 heavy (non-hydrogen) atoms. The lowest BCUT2D eigenvalue weighted by atomic mass is 9.97. The van der Waals surface area contributed by atoms with E-state index < -0.39 is 0 Å². The van der Waals surface area contributed by atoms with Crippen molar-refractivity contribution >= 4 is 49.1 Å². The Hall–Kier alpha value is -1.99. The summed E-state index contributed by atoms with van der Waals surface area (Å²) in [6.07, 6.45) is 1.92. The Balaban J connectivity index is 1.47. The van der Waals surface area contributed by atoms with Gasteiger partial charge in [0.2, 0.25) is 5.91 Å². The van der Waals surface area contributed by atoms with E-state index >= 15 is 0 Å². The minimum atomic E-state index is -0.0229. The molecule has 1 aliphatic rings. The highest BCUT2D eigenvalue weighted by Gasteiger charge is 2.28. The molecule has 1 aliphatic heterocycles. The van der Waals surface area contributed by atoms with E-state index in [0.29, 0.717) is 5.13 Å². The van der Waals surface area contributed by atoms with Gasteiger partial charge in [-0.15, -0.1) is 11.3 Å². The molecule has 1 amide bonds. The second-order valence-corrected chi connectivity index (χ2v) is 8.61. The fourth-order valence-corrected chi connectivity index (χ4v) is 4.91.